The molecule has 92 valence electrons. The van der Waals surface area contributed by atoms with Crippen LogP contribution in [0.3, 0.4) is 0 Å². The monoisotopic (exact) mass is 238 g/mol. The molecule has 1 N–H and O–H groups in total. The van der Waals surface area contributed by atoms with E-state index in [-0.39, 0.29) is 11.3 Å². The minimum absolute atomic E-state index is 0.0485. The van der Waals surface area contributed by atoms with Crippen molar-refractivity contribution >= 4 is 11.7 Å². The second kappa shape index (κ2) is 4.37. The van der Waals surface area contributed by atoms with Crippen molar-refractivity contribution < 1.29 is 15.4 Å². The number of aromatic carboxylic acids is 1. The van der Waals surface area contributed by atoms with Gasteiger partial charge in [-0.3, -0.25) is 0 Å². The molecule has 2 rings (SSSR count). The molecule has 4 heteroatoms. The Balaban J connectivity index is 2.48. The van der Waals surface area contributed by atoms with Gasteiger partial charge >= 0.3 is 5.97 Å². The first-order valence-electron chi connectivity index (χ1n) is 7.32. The third-order valence-electron chi connectivity index (χ3n) is 2.73. The van der Waals surface area contributed by atoms with Gasteiger partial charge in [-0.05, 0) is 38.7 Å². The van der Waals surface area contributed by atoms with E-state index in [9.17, 15) is 4.79 Å². The molecule has 1 aromatic carbocycles. The van der Waals surface area contributed by atoms with E-state index >= 15 is 0 Å². The van der Waals surface area contributed by atoms with E-state index in [0.717, 1.165) is 4.90 Å². The number of carboxylic acid groups (broad SMARTS) is 1. The predicted molar refractivity (Wildman–Crippen MR) is 67.8 cm³/mol. The molecule has 1 aliphatic rings. The number of anilines is 1. The van der Waals surface area contributed by atoms with Crippen LogP contribution in [-0.2, 0) is 0 Å². The van der Waals surface area contributed by atoms with E-state index in [1.54, 1.807) is 33.2 Å². The summed E-state index contributed by atoms with van der Waals surface area (Å²) < 4.78 is 32.4. The molecule has 0 saturated carbocycles. The third kappa shape index (κ3) is 2.26. The number of rotatable bonds is 3. The Morgan fingerprint density at radius 1 is 1.53 bits per heavy atom. The predicted octanol–water partition coefficient (Wildman–Crippen LogP) is 1.44. The molecular weight excluding hydrogens is 216 g/mol. The number of carboxylic acids is 1. The third-order valence-corrected chi connectivity index (χ3v) is 2.73. The van der Waals surface area contributed by atoms with Crippen LogP contribution in [0.5, 0.6) is 0 Å². The Morgan fingerprint density at radius 3 is 2.71 bits per heavy atom. The number of nitrogens with zero attached hydrogens (tertiary/aromatic N) is 2. The minimum Gasteiger partial charge on any atom is -0.478 e. The molecule has 0 aromatic heterocycles. The Hall–Kier alpha value is -1.55. The highest BCUT2D eigenvalue weighted by Crippen LogP contribution is 2.25. The fraction of sp³-hybridized carbons (Fsp3) is 0.462. The fourth-order valence-corrected chi connectivity index (χ4v) is 1.60. The number of benzene rings is 1. The van der Waals surface area contributed by atoms with Gasteiger partial charge in [-0.15, -0.1) is 0 Å². The van der Waals surface area contributed by atoms with Crippen molar-refractivity contribution in [2.24, 2.45) is 0 Å². The van der Waals surface area contributed by atoms with Crippen molar-refractivity contribution in [2.45, 2.75) is 13.0 Å². The molecule has 1 heterocycles. The molecule has 1 aromatic rings. The molecular formula is C13H18N2O2. The molecule has 0 spiro atoms. The zero-order valence-electron chi connectivity index (χ0n) is 14.1. The van der Waals surface area contributed by atoms with Crippen LogP contribution in [0.25, 0.3) is 0 Å². The van der Waals surface area contributed by atoms with E-state index in [0.29, 0.717) is 5.56 Å². The summed E-state index contributed by atoms with van der Waals surface area (Å²) in [6, 6.07) is 3.50. The van der Waals surface area contributed by atoms with Gasteiger partial charge in [-0.1, -0.05) is 6.07 Å². The average Bonchev–Trinajstić information content (AvgIpc) is 2.28. The Labute approximate surface area is 107 Å². The maximum Gasteiger partial charge on any atom is 0.336 e. The lowest BCUT2D eigenvalue weighted by molar-refractivity contribution is 0.0696. The van der Waals surface area contributed by atoms with E-state index in [2.05, 4.69) is 0 Å². The quantitative estimate of drug-likeness (QED) is 0.865. The van der Waals surface area contributed by atoms with Gasteiger partial charge in [-0.2, -0.15) is 0 Å². The molecule has 1 fully saturated rings. The van der Waals surface area contributed by atoms with Gasteiger partial charge in [0.05, 0.1) is 11.0 Å². The van der Waals surface area contributed by atoms with Gasteiger partial charge < -0.3 is 14.9 Å². The first-order chi connectivity index (χ1) is 9.51. The number of hydrogen-bond acceptors (Lipinski definition) is 3. The standard InChI is InChI=1S/C13H18N2O2/c1-9-4-5-10(6-12(9)13(16)17)15-7-11(8-15)14(2)3/h4-6,11H,7-8H2,1-3H3,(H,16,17)/i7D2,8D2. The van der Waals surface area contributed by atoms with Gasteiger partial charge in [0.1, 0.15) is 0 Å². The van der Waals surface area contributed by atoms with Crippen LogP contribution in [0.1, 0.15) is 21.4 Å². The van der Waals surface area contributed by atoms with Crippen molar-refractivity contribution in [1.82, 2.24) is 4.90 Å². The summed E-state index contributed by atoms with van der Waals surface area (Å²) in [6.07, 6.45) is 0. The van der Waals surface area contributed by atoms with Crippen molar-refractivity contribution in [3.8, 4) is 0 Å². The molecule has 0 radical (unpaired) electrons. The van der Waals surface area contributed by atoms with Crippen LogP contribution in [0.2, 0.25) is 0 Å². The van der Waals surface area contributed by atoms with Gasteiger partial charge in [0, 0.05) is 24.7 Å². The summed E-state index contributed by atoms with van der Waals surface area (Å²) in [5.74, 6) is -1.11. The molecule has 0 amide bonds. The summed E-state index contributed by atoms with van der Waals surface area (Å²) in [4.78, 5) is 13.7. The van der Waals surface area contributed by atoms with E-state index in [1.165, 1.54) is 11.0 Å². The molecule has 0 atom stereocenters. The maximum atomic E-state index is 11.2. The number of hydrogen-bond donors (Lipinski definition) is 1. The SMILES string of the molecule is [2H]C1([2H])C(N(C)C)C([2H])([2H])N1c1ccc(C)c(C(=O)O)c1. The van der Waals surface area contributed by atoms with Crippen LogP contribution in [-0.4, -0.2) is 49.1 Å². The van der Waals surface area contributed by atoms with Gasteiger partial charge in [0.25, 0.3) is 0 Å². The summed E-state index contributed by atoms with van der Waals surface area (Å²) in [5, 5.41) is 9.15. The summed E-state index contributed by atoms with van der Waals surface area (Å²) in [6.45, 7) is -2.19. The van der Waals surface area contributed by atoms with Crippen molar-refractivity contribution in [3.63, 3.8) is 0 Å². The summed E-state index contributed by atoms with van der Waals surface area (Å²) in [7, 11) is 3.24. The second-order valence-corrected chi connectivity index (χ2v) is 4.26. The van der Waals surface area contributed by atoms with Gasteiger partial charge in [0.2, 0.25) is 0 Å². The summed E-state index contributed by atoms with van der Waals surface area (Å²) >= 11 is 0. The largest absolute Gasteiger partial charge is 0.478 e. The Kier molecular flexibility index (Phi) is 1.98. The zero-order chi connectivity index (χ0) is 16.2. The molecule has 4 nitrogen and oxygen atoms in total. The maximum absolute atomic E-state index is 11.2. The molecule has 0 unspecified atom stereocenters. The van der Waals surface area contributed by atoms with Crippen LogP contribution in [0.4, 0.5) is 5.69 Å². The lowest BCUT2D eigenvalue weighted by Crippen LogP contribution is -2.57. The van der Waals surface area contributed by atoms with Crippen molar-refractivity contribution in [1.29, 1.82) is 0 Å². The van der Waals surface area contributed by atoms with Crippen LogP contribution >= 0.6 is 0 Å². The topological polar surface area (TPSA) is 43.8 Å². The first kappa shape index (κ1) is 7.71. The van der Waals surface area contributed by atoms with Crippen LogP contribution in [0.15, 0.2) is 18.2 Å². The minimum atomic E-state index is -1.92. The fourth-order valence-electron chi connectivity index (χ4n) is 1.60. The average molecular weight is 238 g/mol. The number of carbonyl (C=O) groups is 1. The molecule has 0 bridgehead atoms. The number of likely N-dealkylation sites (N-methyl/N-ethyl adjacent to an activating group) is 1. The lowest BCUT2D eigenvalue weighted by Gasteiger charge is -2.44. The highest BCUT2D eigenvalue weighted by Gasteiger charge is 2.28. The smallest absolute Gasteiger partial charge is 0.336 e. The van der Waals surface area contributed by atoms with Crippen LogP contribution < -0.4 is 4.90 Å². The highest BCUT2D eigenvalue weighted by molar-refractivity contribution is 5.90. The first-order valence-corrected chi connectivity index (χ1v) is 5.32. The molecule has 0 aliphatic carbocycles. The van der Waals surface area contributed by atoms with Crippen molar-refractivity contribution in [3.05, 3.63) is 29.3 Å². The van der Waals surface area contributed by atoms with Gasteiger partial charge in [0.15, 0.2) is 0 Å². The second-order valence-electron chi connectivity index (χ2n) is 4.26. The normalized spacial score (nSPS) is 25.5. The van der Waals surface area contributed by atoms with Crippen LogP contribution in [0, 0.1) is 6.92 Å². The molecule has 1 aliphatic heterocycles. The highest BCUT2D eigenvalue weighted by atomic mass is 16.4. The van der Waals surface area contributed by atoms with Gasteiger partial charge in [-0.25, -0.2) is 4.79 Å². The van der Waals surface area contributed by atoms with E-state index in [1.807, 2.05) is 0 Å². The molecule has 17 heavy (non-hydrogen) atoms. The zero-order valence-corrected chi connectivity index (χ0v) is 10.1. The van der Waals surface area contributed by atoms with E-state index < -0.39 is 25.0 Å². The summed E-state index contributed by atoms with van der Waals surface area (Å²) in [5.41, 5.74) is 0.829. The molecule has 1 saturated heterocycles. The number of aryl methyl sites for hydroxylation is 1. The van der Waals surface area contributed by atoms with E-state index in [4.69, 9.17) is 10.6 Å². The van der Waals surface area contributed by atoms with Crippen molar-refractivity contribution in [2.75, 3.05) is 32.0 Å². The Morgan fingerprint density at radius 2 is 2.18 bits per heavy atom. The Bertz CT molecular complexity index is 574. The lowest BCUT2D eigenvalue weighted by atomic mass is 10.0.